The predicted molar refractivity (Wildman–Crippen MR) is 46.6 cm³/mol. The Bertz CT molecular complexity index is 154. The average molecular weight is 155 g/mol. The summed E-state index contributed by atoms with van der Waals surface area (Å²) < 4.78 is 0. The molecule has 0 saturated carbocycles. The fourth-order valence-corrected chi connectivity index (χ4v) is 1.76. The number of aliphatic hydroxyl groups is 1. The van der Waals surface area contributed by atoms with Crippen molar-refractivity contribution in [2.45, 2.75) is 38.8 Å². The van der Waals surface area contributed by atoms with Gasteiger partial charge >= 0.3 is 0 Å². The van der Waals surface area contributed by atoms with Gasteiger partial charge in [-0.1, -0.05) is 6.58 Å². The van der Waals surface area contributed by atoms with E-state index in [0.717, 1.165) is 13.0 Å². The molecule has 64 valence electrons. The summed E-state index contributed by atoms with van der Waals surface area (Å²) in [5.74, 6) is 0.330. The Labute approximate surface area is 68.5 Å². The van der Waals surface area contributed by atoms with Crippen LogP contribution in [0.15, 0.2) is 12.3 Å². The maximum atomic E-state index is 9.24. The van der Waals surface area contributed by atoms with E-state index in [9.17, 15) is 5.11 Å². The minimum absolute atomic E-state index is 0.218. The number of hydrogen-bond donors (Lipinski definition) is 1. The van der Waals surface area contributed by atoms with Crippen molar-refractivity contribution < 1.29 is 5.11 Å². The molecule has 1 fully saturated rings. The van der Waals surface area contributed by atoms with Crippen molar-refractivity contribution in [1.82, 2.24) is 4.90 Å². The number of likely N-dealkylation sites (tertiary alicyclic amines) is 1. The van der Waals surface area contributed by atoms with Crippen molar-refractivity contribution in [2.75, 3.05) is 6.54 Å². The van der Waals surface area contributed by atoms with Gasteiger partial charge in [0.05, 0.1) is 6.04 Å². The van der Waals surface area contributed by atoms with Gasteiger partial charge in [-0.15, -0.1) is 0 Å². The molecule has 1 aliphatic heterocycles. The molecule has 2 heteroatoms. The molecular weight excluding hydrogens is 138 g/mol. The van der Waals surface area contributed by atoms with E-state index in [2.05, 4.69) is 25.3 Å². The molecule has 0 aromatic carbocycles. The summed E-state index contributed by atoms with van der Waals surface area (Å²) in [5, 5.41) is 9.24. The van der Waals surface area contributed by atoms with Crippen molar-refractivity contribution in [3.8, 4) is 0 Å². The molecule has 1 rings (SSSR count). The number of hydrogen-bond acceptors (Lipinski definition) is 2. The van der Waals surface area contributed by atoms with Gasteiger partial charge in [0.25, 0.3) is 0 Å². The van der Waals surface area contributed by atoms with E-state index in [1.165, 1.54) is 6.42 Å². The Morgan fingerprint density at radius 2 is 2.27 bits per heavy atom. The fourth-order valence-electron chi connectivity index (χ4n) is 1.76. The molecule has 0 spiro atoms. The number of aliphatic hydroxyl groups excluding tert-OH is 1. The first-order valence-electron chi connectivity index (χ1n) is 4.26. The van der Waals surface area contributed by atoms with E-state index in [4.69, 9.17) is 0 Å². The van der Waals surface area contributed by atoms with Gasteiger partial charge in [0.15, 0.2) is 0 Å². The molecule has 1 atom stereocenters. The highest BCUT2D eigenvalue weighted by atomic mass is 16.3. The molecular formula is C9H17NO. The van der Waals surface area contributed by atoms with Crippen molar-refractivity contribution in [3.05, 3.63) is 12.3 Å². The lowest BCUT2D eigenvalue weighted by molar-refractivity contribution is 0.184. The zero-order valence-corrected chi connectivity index (χ0v) is 7.38. The van der Waals surface area contributed by atoms with Gasteiger partial charge in [-0.05, 0) is 33.2 Å². The standard InChI is InChI=1S/C9H17NO/c1-7(2)10-6-4-5-9(10)8(3)11/h7,9,11H,3-6H2,1-2H3/t9-/m0/s1. The van der Waals surface area contributed by atoms with Crippen LogP contribution in [-0.2, 0) is 0 Å². The minimum atomic E-state index is 0.218. The molecule has 1 aliphatic rings. The smallest absolute Gasteiger partial charge is 0.102 e. The first kappa shape index (κ1) is 8.60. The topological polar surface area (TPSA) is 23.5 Å². The molecule has 0 aliphatic carbocycles. The Hall–Kier alpha value is -0.500. The lowest BCUT2D eigenvalue weighted by atomic mass is 10.2. The highest BCUT2D eigenvalue weighted by molar-refractivity contribution is 5.00. The van der Waals surface area contributed by atoms with Crippen LogP contribution in [0.5, 0.6) is 0 Å². The summed E-state index contributed by atoms with van der Waals surface area (Å²) in [5.41, 5.74) is 0. The minimum Gasteiger partial charge on any atom is -0.511 e. The van der Waals surface area contributed by atoms with E-state index in [-0.39, 0.29) is 6.04 Å². The Morgan fingerprint density at radius 1 is 1.64 bits per heavy atom. The van der Waals surface area contributed by atoms with Crippen LogP contribution < -0.4 is 0 Å². The van der Waals surface area contributed by atoms with Crippen molar-refractivity contribution in [1.29, 1.82) is 0 Å². The maximum Gasteiger partial charge on any atom is 0.102 e. The highest BCUT2D eigenvalue weighted by Crippen LogP contribution is 2.23. The molecule has 2 nitrogen and oxygen atoms in total. The maximum absolute atomic E-state index is 9.24. The summed E-state index contributed by atoms with van der Waals surface area (Å²) in [6.07, 6.45) is 2.25. The van der Waals surface area contributed by atoms with Crippen LogP contribution in [0.25, 0.3) is 0 Å². The monoisotopic (exact) mass is 155 g/mol. The Morgan fingerprint density at radius 3 is 2.64 bits per heavy atom. The third-order valence-corrected chi connectivity index (χ3v) is 2.34. The molecule has 1 saturated heterocycles. The molecule has 0 bridgehead atoms. The lowest BCUT2D eigenvalue weighted by Crippen LogP contribution is -2.36. The molecule has 11 heavy (non-hydrogen) atoms. The van der Waals surface area contributed by atoms with E-state index in [0.29, 0.717) is 11.8 Å². The third-order valence-electron chi connectivity index (χ3n) is 2.34. The normalized spacial score (nSPS) is 26.3. The van der Waals surface area contributed by atoms with Gasteiger partial charge in [-0.25, -0.2) is 0 Å². The van der Waals surface area contributed by atoms with Crippen molar-refractivity contribution in [2.24, 2.45) is 0 Å². The largest absolute Gasteiger partial charge is 0.511 e. The molecule has 0 unspecified atom stereocenters. The van der Waals surface area contributed by atoms with E-state index in [1.54, 1.807) is 0 Å². The number of rotatable bonds is 2. The molecule has 1 heterocycles. The molecule has 0 aromatic heterocycles. The second-order valence-electron chi connectivity index (χ2n) is 3.48. The van der Waals surface area contributed by atoms with Crippen LogP contribution in [0.2, 0.25) is 0 Å². The van der Waals surface area contributed by atoms with Crippen molar-refractivity contribution in [3.63, 3.8) is 0 Å². The van der Waals surface area contributed by atoms with Crippen LogP contribution in [-0.4, -0.2) is 28.6 Å². The highest BCUT2D eigenvalue weighted by Gasteiger charge is 2.28. The molecule has 1 N–H and O–H groups in total. The SMILES string of the molecule is C=C(O)[C@@H]1CCCN1C(C)C. The third kappa shape index (κ3) is 1.74. The van der Waals surface area contributed by atoms with Gasteiger partial charge in [-0.2, -0.15) is 0 Å². The zero-order chi connectivity index (χ0) is 8.43. The Balaban J connectivity index is 2.58. The van der Waals surface area contributed by atoms with E-state index >= 15 is 0 Å². The summed E-state index contributed by atoms with van der Waals surface area (Å²) in [4.78, 5) is 2.29. The second-order valence-corrected chi connectivity index (χ2v) is 3.48. The molecule has 0 aromatic rings. The quantitative estimate of drug-likeness (QED) is 0.616. The van der Waals surface area contributed by atoms with E-state index in [1.807, 2.05) is 0 Å². The van der Waals surface area contributed by atoms with Crippen molar-refractivity contribution >= 4 is 0 Å². The average Bonchev–Trinajstić information content (AvgIpc) is 2.32. The first-order valence-corrected chi connectivity index (χ1v) is 4.26. The number of nitrogens with zero attached hydrogens (tertiary/aromatic N) is 1. The van der Waals surface area contributed by atoms with Gasteiger partial charge in [0.1, 0.15) is 5.76 Å². The van der Waals surface area contributed by atoms with E-state index < -0.39 is 0 Å². The van der Waals surface area contributed by atoms with Crippen LogP contribution in [0.3, 0.4) is 0 Å². The fraction of sp³-hybridized carbons (Fsp3) is 0.778. The summed E-state index contributed by atoms with van der Waals surface area (Å²) in [6, 6.07) is 0.737. The van der Waals surface area contributed by atoms with Crippen LogP contribution in [0, 0.1) is 0 Å². The van der Waals surface area contributed by atoms with Gasteiger partial charge in [-0.3, -0.25) is 4.90 Å². The van der Waals surface area contributed by atoms with Crippen LogP contribution in [0.4, 0.5) is 0 Å². The van der Waals surface area contributed by atoms with Crippen LogP contribution >= 0.6 is 0 Å². The summed E-state index contributed by atoms with van der Waals surface area (Å²) in [6.45, 7) is 8.99. The molecule has 0 amide bonds. The lowest BCUT2D eigenvalue weighted by Gasteiger charge is -2.27. The summed E-state index contributed by atoms with van der Waals surface area (Å²) in [7, 11) is 0. The van der Waals surface area contributed by atoms with Gasteiger partial charge in [0.2, 0.25) is 0 Å². The predicted octanol–water partition coefficient (Wildman–Crippen LogP) is 1.93. The van der Waals surface area contributed by atoms with Crippen LogP contribution in [0.1, 0.15) is 26.7 Å². The zero-order valence-electron chi connectivity index (χ0n) is 7.38. The second kappa shape index (κ2) is 3.26. The Kier molecular flexibility index (Phi) is 2.55. The summed E-state index contributed by atoms with van der Waals surface area (Å²) >= 11 is 0. The van der Waals surface area contributed by atoms with Gasteiger partial charge in [0, 0.05) is 6.04 Å². The first-order chi connectivity index (χ1) is 5.13. The van der Waals surface area contributed by atoms with Gasteiger partial charge < -0.3 is 5.11 Å². The molecule has 0 radical (unpaired) electrons.